The van der Waals surface area contributed by atoms with Crippen molar-refractivity contribution in [1.82, 2.24) is 24.8 Å². The van der Waals surface area contributed by atoms with Crippen LogP contribution in [0.1, 0.15) is 67.4 Å². The minimum absolute atomic E-state index is 0.0425. The summed E-state index contributed by atoms with van der Waals surface area (Å²) in [7, 11) is 0. The van der Waals surface area contributed by atoms with Crippen LogP contribution in [-0.4, -0.2) is 55.8 Å². The van der Waals surface area contributed by atoms with Gasteiger partial charge in [0.2, 0.25) is 11.9 Å². The number of pyridine rings is 2. The SMILES string of the molecule is CC(=O)c1c(C)c2cnc(Nc3ccc(N4C[C@H]5CC[C@@H](CC4=O)N5)cn3)nc2n(C2CCCC2(F)F)c1=O. The molecular weight excluding hydrogens is 508 g/mol. The fourth-order valence-electron chi connectivity index (χ4n) is 6.16. The number of aromatic nitrogens is 4. The number of ketones is 1. The maximum atomic E-state index is 14.8. The smallest absolute Gasteiger partial charge is 0.268 e. The number of nitrogens with one attached hydrogen (secondary N) is 2. The van der Waals surface area contributed by atoms with Crippen molar-refractivity contribution in [1.29, 1.82) is 0 Å². The summed E-state index contributed by atoms with van der Waals surface area (Å²) >= 11 is 0. The molecule has 204 valence electrons. The molecule has 3 aromatic rings. The fourth-order valence-corrected chi connectivity index (χ4v) is 6.16. The minimum Gasteiger partial charge on any atom is -0.309 e. The molecule has 2 aliphatic heterocycles. The largest absolute Gasteiger partial charge is 0.309 e. The Morgan fingerprint density at radius 3 is 2.62 bits per heavy atom. The van der Waals surface area contributed by atoms with E-state index in [4.69, 9.17) is 0 Å². The van der Waals surface area contributed by atoms with Crippen LogP contribution in [0.2, 0.25) is 0 Å². The molecule has 39 heavy (non-hydrogen) atoms. The molecule has 12 heteroatoms. The van der Waals surface area contributed by atoms with Crippen molar-refractivity contribution in [2.24, 2.45) is 0 Å². The second kappa shape index (κ2) is 9.44. The van der Waals surface area contributed by atoms with Crippen LogP contribution in [0.3, 0.4) is 0 Å². The van der Waals surface area contributed by atoms with Gasteiger partial charge in [-0.1, -0.05) is 0 Å². The predicted octanol–water partition coefficient (Wildman–Crippen LogP) is 3.66. The van der Waals surface area contributed by atoms with Gasteiger partial charge in [-0.15, -0.1) is 0 Å². The molecule has 6 rings (SSSR count). The molecule has 0 radical (unpaired) electrons. The molecule has 1 unspecified atom stereocenters. The van der Waals surface area contributed by atoms with E-state index in [1.54, 1.807) is 30.2 Å². The van der Waals surface area contributed by atoms with Crippen molar-refractivity contribution >= 4 is 40.2 Å². The van der Waals surface area contributed by atoms with Crippen LogP contribution in [0.5, 0.6) is 0 Å². The Hall–Kier alpha value is -3.80. The van der Waals surface area contributed by atoms with Crippen LogP contribution < -0.4 is 21.1 Å². The third-order valence-electron chi connectivity index (χ3n) is 8.11. The third kappa shape index (κ3) is 4.46. The normalized spacial score (nSPS) is 24.3. The Morgan fingerprint density at radius 2 is 1.92 bits per heavy atom. The van der Waals surface area contributed by atoms with Gasteiger partial charge in [0.15, 0.2) is 5.78 Å². The van der Waals surface area contributed by atoms with Crippen molar-refractivity contribution in [3.8, 4) is 0 Å². The first kappa shape index (κ1) is 25.5. The van der Waals surface area contributed by atoms with Crippen molar-refractivity contribution < 1.29 is 18.4 Å². The lowest BCUT2D eigenvalue weighted by Gasteiger charge is -2.24. The number of nitrogens with zero attached hydrogens (tertiary/aromatic N) is 5. The number of aryl methyl sites for hydroxylation is 1. The van der Waals surface area contributed by atoms with Gasteiger partial charge >= 0.3 is 0 Å². The van der Waals surface area contributed by atoms with E-state index in [9.17, 15) is 23.2 Å². The van der Waals surface area contributed by atoms with Gasteiger partial charge in [-0.05, 0) is 57.2 Å². The van der Waals surface area contributed by atoms with E-state index < -0.39 is 23.3 Å². The number of hydrogen-bond donors (Lipinski definition) is 2. The van der Waals surface area contributed by atoms with Crippen LogP contribution in [0.4, 0.5) is 26.2 Å². The highest BCUT2D eigenvalue weighted by atomic mass is 19.3. The predicted molar refractivity (Wildman–Crippen MR) is 141 cm³/mol. The van der Waals surface area contributed by atoms with Gasteiger partial charge in [-0.25, -0.2) is 18.7 Å². The average Bonchev–Trinajstić information content (AvgIpc) is 3.42. The zero-order valence-corrected chi connectivity index (χ0v) is 21.7. The fraction of sp³-hybridized carbons (Fsp3) is 0.481. The summed E-state index contributed by atoms with van der Waals surface area (Å²) in [4.78, 5) is 53.3. The van der Waals surface area contributed by atoms with Gasteiger partial charge < -0.3 is 15.5 Å². The summed E-state index contributed by atoms with van der Waals surface area (Å²) < 4.78 is 30.6. The zero-order chi connectivity index (χ0) is 27.5. The first-order valence-corrected chi connectivity index (χ1v) is 13.2. The molecule has 5 heterocycles. The zero-order valence-electron chi connectivity index (χ0n) is 21.7. The lowest BCUT2D eigenvalue weighted by molar-refractivity contribution is -0.118. The van der Waals surface area contributed by atoms with Crippen LogP contribution >= 0.6 is 0 Å². The minimum atomic E-state index is -3.10. The van der Waals surface area contributed by atoms with Crippen LogP contribution in [0.15, 0.2) is 29.3 Å². The number of halogens is 2. The number of amides is 1. The Balaban J connectivity index is 1.34. The van der Waals surface area contributed by atoms with E-state index in [0.29, 0.717) is 35.4 Å². The molecule has 3 fully saturated rings. The lowest BCUT2D eigenvalue weighted by Crippen LogP contribution is -2.37. The van der Waals surface area contributed by atoms with E-state index in [-0.39, 0.29) is 54.4 Å². The van der Waals surface area contributed by atoms with Gasteiger partial charge in [0.05, 0.1) is 17.4 Å². The quantitative estimate of drug-likeness (QED) is 0.473. The maximum absolute atomic E-state index is 14.8. The summed E-state index contributed by atoms with van der Waals surface area (Å²) in [5, 5.41) is 6.82. The number of rotatable bonds is 5. The summed E-state index contributed by atoms with van der Waals surface area (Å²) in [6.07, 6.45) is 5.56. The van der Waals surface area contributed by atoms with E-state index >= 15 is 0 Å². The molecule has 2 N–H and O–H groups in total. The third-order valence-corrected chi connectivity index (χ3v) is 8.11. The average molecular weight is 538 g/mol. The summed E-state index contributed by atoms with van der Waals surface area (Å²) in [5.41, 5.74) is 0.194. The second-order valence-corrected chi connectivity index (χ2v) is 10.7. The Labute approximate surface area is 222 Å². The van der Waals surface area contributed by atoms with Gasteiger partial charge in [-0.2, -0.15) is 4.98 Å². The molecule has 3 aromatic heterocycles. The summed E-state index contributed by atoms with van der Waals surface area (Å²) in [6.45, 7) is 3.43. The van der Waals surface area contributed by atoms with Crippen LogP contribution in [0, 0.1) is 6.92 Å². The summed E-state index contributed by atoms with van der Waals surface area (Å²) in [5.74, 6) is -3.09. The second-order valence-electron chi connectivity index (χ2n) is 10.7. The molecule has 10 nitrogen and oxygen atoms in total. The Morgan fingerprint density at radius 1 is 1.13 bits per heavy atom. The maximum Gasteiger partial charge on any atom is 0.268 e. The Kier molecular flexibility index (Phi) is 6.17. The number of fused-ring (bicyclic) bond motifs is 3. The highest BCUT2D eigenvalue weighted by molar-refractivity contribution is 5.99. The van der Waals surface area contributed by atoms with Gasteiger partial charge in [-0.3, -0.25) is 19.0 Å². The number of anilines is 3. The molecule has 1 amide bonds. The molecule has 3 atom stereocenters. The van der Waals surface area contributed by atoms with E-state index in [2.05, 4.69) is 25.6 Å². The highest BCUT2D eigenvalue weighted by Crippen LogP contribution is 2.44. The molecule has 0 aromatic carbocycles. The Bertz CT molecular complexity index is 1540. The van der Waals surface area contributed by atoms with Crippen molar-refractivity contribution in [3.63, 3.8) is 0 Å². The van der Waals surface area contributed by atoms with E-state index in [1.165, 1.54) is 13.1 Å². The number of carbonyl (C=O) groups excluding carboxylic acids is 2. The van der Waals surface area contributed by atoms with Crippen LogP contribution in [0.25, 0.3) is 11.0 Å². The molecule has 3 aliphatic rings. The first-order chi connectivity index (χ1) is 18.6. The van der Waals surface area contributed by atoms with E-state index in [0.717, 1.165) is 17.4 Å². The van der Waals surface area contributed by atoms with E-state index in [1.807, 2.05) is 0 Å². The molecule has 0 spiro atoms. The standard InChI is InChI=1S/C27H29F2N7O3/c1-14-19-12-31-26(34-24(19)36(25(39)23(14)15(2)37)20-4-3-9-27(20,28)29)33-21-8-7-18(11-30-21)35-13-17-6-5-16(32-17)10-22(35)38/h7-8,11-12,16-17,20,32H,3-6,9-10,13H2,1-2H3,(H,30,31,33,34)/t16-,17+,20?/m0/s1. The topological polar surface area (TPSA) is 122 Å². The first-order valence-electron chi connectivity index (χ1n) is 13.2. The van der Waals surface area contributed by atoms with Gasteiger partial charge in [0.1, 0.15) is 17.5 Å². The van der Waals surface area contributed by atoms with Gasteiger partial charge in [0, 0.05) is 43.1 Å². The molecule has 1 aliphatic carbocycles. The molecule has 1 saturated carbocycles. The highest BCUT2D eigenvalue weighted by Gasteiger charge is 2.46. The van der Waals surface area contributed by atoms with Crippen molar-refractivity contribution in [3.05, 3.63) is 46.0 Å². The lowest BCUT2D eigenvalue weighted by atomic mass is 10.0. The number of alkyl halides is 2. The molecule has 2 saturated heterocycles. The number of hydrogen-bond acceptors (Lipinski definition) is 8. The summed E-state index contributed by atoms with van der Waals surface area (Å²) in [6, 6.07) is 2.56. The number of carbonyl (C=O) groups is 2. The molecule has 2 bridgehead atoms. The van der Waals surface area contributed by atoms with Crippen molar-refractivity contribution in [2.45, 2.75) is 76.4 Å². The van der Waals surface area contributed by atoms with Gasteiger partial charge in [0.25, 0.3) is 11.5 Å². The van der Waals surface area contributed by atoms with Crippen molar-refractivity contribution in [2.75, 3.05) is 16.8 Å². The number of Topliss-reactive ketones (excluding diaryl/α,β-unsaturated/α-hetero) is 1. The molecular formula is C27H29F2N7O3. The monoisotopic (exact) mass is 537 g/mol. The van der Waals surface area contributed by atoms with Crippen LogP contribution in [-0.2, 0) is 4.79 Å².